The maximum Gasteiger partial charge on any atom is 0.315 e. The molecule has 0 bridgehead atoms. The standard InChI is InChI=1S/C17H22N4O2S/c1-6-11(9(3)4)13-8-12-14(24-13)16(22)20-15(19-12)10(5)21(7-2)17(18)23/h6,8,10H,1,7H2,2-5H3,(H2,18,23)(H,19,20,22). The number of aromatic nitrogens is 2. The van der Waals surface area contributed by atoms with Gasteiger partial charge in [-0.25, -0.2) is 9.78 Å². The second-order valence-electron chi connectivity index (χ2n) is 5.69. The number of primary amides is 1. The van der Waals surface area contributed by atoms with Crippen LogP contribution in [0.4, 0.5) is 4.79 Å². The Bertz CT molecular complexity index is 874. The SMILES string of the molecule is C=CC(=C(C)C)c1cc2nc(C(C)N(CC)C(N)=O)[nH]c(=O)c2s1. The summed E-state index contributed by atoms with van der Waals surface area (Å²) in [7, 11) is 0. The highest BCUT2D eigenvalue weighted by Crippen LogP contribution is 2.30. The zero-order valence-electron chi connectivity index (χ0n) is 14.3. The number of rotatable bonds is 5. The molecular formula is C17H22N4O2S. The average Bonchev–Trinajstić information content (AvgIpc) is 2.91. The topological polar surface area (TPSA) is 92.1 Å². The van der Waals surface area contributed by atoms with Crippen LogP contribution in [0.15, 0.2) is 29.1 Å². The number of hydrogen-bond donors (Lipinski definition) is 2. The number of fused-ring (bicyclic) bond motifs is 1. The Labute approximate surface area is 144 Å². The molecule has 7 heteroatoms. The van der Waals surface area contributed by atoms with Gasteiger partial charge in [-0.3, -0.25) is 4.79 Å². The monoisotopic (exact) mass is 346 g/mol. The molecular weight excluding hydrogens is 324 g/mol. The molecule has 2 aromatic heterocycles. The highest BCUT2D eigenvalue weighted by molar-refractivity contribution is 7.20. The van der Waals surface area contributed by atoms with Crippen molar-refractivity contribution in [1.29, 1.82) is 0 Å². The van der Waals surface area contributed by atoms with Gasteiger partial charge < -0.3 is 15.6 Å². The summed E-state index contributed by atoms with van der Waals surface area (Å²) in [6, 6.07) is 0.934. The first-order valence-corrected chi connectivity index (χ1v) is 8.51. The lowest BCUT2D eigenvalue weighted by Gasteiger charge is -2.25. The molecule has 1 atom stereocenters. The van der Waals surface area contributed by atoms with Crippen molar-refractivity contribution in [2.45, 2.75) is 33.7 Å². The molecule has 0 aliphatic heterocycles. The van der Waals surface area contributed by atoms with Crippen molar-refractivity contribution in [3.63, 3.8) is 0 Å². The van der Waals surface area contributed by atoms with Crippen LogP contribution in [0.3, 0.4) is 0 Å². The van der Waals surface area contributed by atoms with E-state index in [2.05, 4.69) is 16.5 Å². The quantitative estimate of drug-likeness (QED) is 0.812. The van der Waals surface area contributed by atoms with E-state index in [0.29, 0.717) is 22.6 Å². The number of aromatic amines is 1. The summed E-state index contributed by atoms with van der Waals surface area (Å²) in [5, 5.41) is 0. The molecule has 0 spiro atoms. The molecule has 0 aromatic carbocycles. The van der Waals surface area contributed by atoms with E-state index < -0.39 is 12.1 Å². The lowest BCUT2D eigenvalue weighted by atomic mass is 10.1. The molecule has 24 heavy (non-hydrogen) atoms. The molecule has 2 aromatic rings. The predicted octanol–water partition coefficient (Wildman–Crippen LogP) is 3.43. The van der Waals surface area contributed by atoms with Crippen molar-refractivity contribution in [2.24, 2.45) is 5.73 Å². The van der Waals surface area contributed by atoms with Crippen LogP contribution in [0.1, 0.15) is 44.4 Å². The number of carbonyl (C=O) groups is 1. The number of hydrogen-bond acceptors (Lipinski definition) is 4. The fourth-order valence-electron chi connectivity index (χ4n) is 2.61. The molecule has 128 valence electrons. The van der Waals surface area contributed by atoms with E-state index in [4.69, 9.17) is 5.73 Å². The lowest BCUT2D eigenvalue weighted by molar-refractivity contribution is 0.190. The fraction of sp³-hybridized carbons (Fsp3) is 0.353. The number of amides is 2. The summed E-state index contributed by atoms with van der Waals surface area (Å²) in [6.07, 6.45) is 1.78. The Hall–Kier alpha value is -2.41. The molecule has 0 aliphatic carbocycles. The Balaban J connectivity index is 2.58. The first-order chi connectivity index (χ1) is 11.3. The summed E-state index contributed by atoms with van der Waals surface area (Å²) in [4.78, 5) is 33.6. The number of nitrogens with two attached hydrogens (primary N) is 1. The maximum absolute atomic E-state index is 12.4. The minimum atomic E-state index is -0.544. The first kappa shape index (κ1) is 17.9. The molecule has 2 amide bonds. The van der Waals surface area contributed by atoms with Gasteiger partial charge in [-0.2, -0.15) is 0 Å². The third kappa shape index (κ3) is 3.26. The van der Waals surface area contributed by atoms with Crippen molar-refractivity contribution in [3.8, 4) is 0 Å². The van der Waals surface area contributed by atoms with E-state index in [1.165, 1.54) is 16.2 Å². The number of urea groups is 1. The van der Waals surface area contributed by atoms with Crippen molar-refractivity contribution in [2.75, 3.05) is 6.54 Å². The van der Waals surface area contributed by atoms with E-state index in [0.717, 1.165) is 16.0 Å². The van der Waals surface area contributed by atoms with Gasteiger partial charge in [0.25, 0.3) is 5.56 Å². The Morgan fingerprint density at radius 3 is 2.71 bits per heavy atom. The van der Waals surface area contributed by atoms with Crippen LogP contribution in [0.25, 0.3) is 15.8 Å². The van der Waals surface area contributed by atoms with Crippen LogP contribution in [0.5, 0.6) is 0 Å². The van der Waals surface area contributed by atoms with E-state index in [9.17, 15) is 9.59 Å². The smallest absolute Gasteiger partial charge is 0.315 e. The van der Waals surface area contributed by atoms with E-state index in [1.807, 2.05) is 26.8 Å². The zero-order chi connectivity index (χ0) is 18.0. The van der Waals surface area contributed by atoms with Gasteiger partial charge in [-0.05, 0) is 39.3 Å². The lowest BCUT2D eigenvalue weighted by Crippen LogP contribution is -2.38. The number of H-pyrrole nitrogens is 1. The molecule has 6 nitrogen and oxygen atoms in total. The molecule has 0 radical (unpaired) electrons. The van der Waals surface area contributed by atoms with Gasteiger partial charge in [0.15, 0.2) is 0 Å². The van der Waals surface area contributed by atoms with Crippen molar-refractivity contribution in [3.05, 3.63) is 45.3 Å². The van der Waals surface area contributed by atoms with Gasteiger partial charge in [-0.15, -0.1) is 11.3 Å². The molecule has 2 heterocycles. The summed E-state index contributed by atoms with van der Waals surface area (Å²) in [5.74, 6) is 0.426. The second-order valence-corrected chi connectivity index (χ2v) is 6.75. The molecule has 3 N–H and O–H groups in total. The highest BCUT2D eigenvalue weighted by atomic mass is 32.1. The average molecular weight is 346 g/mol. The molecule has 1 unspecified atom stereocenters. The van der Waals surface area contributed by atoms with E-state index in [1.54, 1.807) is 13.0 Å². The van der Waals surface area contributed by atoms with Gasteiger partial charge in [0.2, 0.25) is 0 Å². The van der Waals surface area contributed by atoms with Crippen molar-refractivity contribution < 1.29 is 4.79 Å². The zero-order valence-corrected chi connectivity index (χ0v) is 15.2. The Morgan fingerprint density at radius 1 is 1.54 bits per heavy atom. The van der Waals surface area contributed by atoms with Crippen LogP contribution < -0.4 is 11.3 Å². The van der Waals surface area contributed by atoms with Crippen LogP contribution in [0.2, 0.25) is 0 Å². The minimum absolute atomic E-state index is 0.212. The van der Waals surface area contributed by atoms with Crippen LogP contribution in [0, 0.1) is 0 Å². The number of carbonyl (C=O) groups excluding carboxylic acids is 1. The van der Waals surface area contributed by atoms with E-state index in [-0.39, 0.29) is 5.56 Å². The summed E-state index contributed by atoms with van der Waals surface area (Å²) >= 11 is 1.39. The van der Waals surface area contributed by atoms with Crippen LogP contribution in [-0.4, -0.2) is 27.4 Å². The van der Waals surface area contributed by atoms with E-state index >= 15 is 0 Å². The van der Waals surface area contributed by atoms with Gasteiger partial charge in [0.1, 0.15) is 10.5 Å². The number of nitrogens with zero attached hydrogens (tertiary/aromatic N) is 2. The van der Waals surface area contributed by atoms with Gasteiger partial charge >= 0.3 is 6.03 Å². The third-order valence-electron chi connectivity index (χ3n) is 3.90. The molecule has 0 saturated carbocycles. The fourth-order valence-corrected chi connectivity index (χ4v) is 3.75. The van der Waals surface area contributed by atoms with Crippen LogP contribution >= 0.6 is 11.3 Å². The molecule has 2 rings (SSSR count). The maximum atomic E-state index is 12.4. The number of nitrogens with one attached hydrogen (secondary N) is 1. The minimum Gasteiger partial charge on any atom is -0.351 e. The van der Waals surface area contributed by atoms with Gasteiger partial charge in [0.05, 0.1) is 11.6 Å². The normalized spacial score (nSPS) is 12.0. The van der Waals surface area contributed by atoms with Crippen LogP contribution in [-0.2, 0) is 0 Å². The van der Waals surface area contributed by atoms with Crippen molar-refractivity contribution in [1.82, 2.24) is 14.9 Å². The summed E-state index contributed by atoms with van der Waals surface area (Å²) < 4.78 is 0.559. The Morgan fingerprint density at radius 2 is 2.21 bits per heavy atom. The first-order valence-electron chi connectivity index (χ1n) is 7.70. The van der Waals surface area contributed by atoms with Gasteiger partial charge in [0, 0.05) is 11.4 Å². The predicted molar refractivity (Wildman–Crippen MR) is 99.1 cm³/mol. The molecule has 0 saturated heterocycles. The Kier molecular flexibility index (Phi) is 5.23. The number of allylic oxidation sites excluding steroid dienone is 3. The van der Waals surface area contributed by atoms with Gasteiger partial charge in [-0.1, -0.05) is 18.2 Å². The molecule has 0 fully saturated rings. The summed E-state index contributed by atoms with van der Waals surface area (Å²) in [5.41, 5.74) is 7.90. The molecule has 0 aliphatic rings. The number of thiophene rings is 1. The largest absolute Gasteiger partial charge is 0.351 e. The second kappa shape index (κ2) is 7.00. The van der Waals surface area contributed by atoms with Crippen molar-refractivity contribution >= 4 is 33.2 Å². The highest BCUT2D eigenvalue weighted by Gasteiger charge is 2.21. The third-order valence-corrected chi connectivity index (χ3v) is 5.05. The summed E-state index contributed by atoms with van der Waals surface area (Å²) in [6.45, 7) is 11.9.